The monoisotopic (exact) mass is 312 g/mol. The van der Waals surface area contributed by atoms with Crippen LogP contribution in [0.4, 0.5) is 8.78 Å². The molecule has 1 fully saturated rings. The number of benzene rings is 1. The van der Waals surface area contributed by atoms with Crippen molar-refractivity contribution < 1.29 is 31.5 Å². The van der Waals surface area contributed by atoms with E-state index < -0.39 is 43.2 Å². The van der Waals surface area contributed by atoms with E-state index in [2.05, 4.69) is 0 Å². The summed E-state index contributed by atoms with van der Waals surface area (Å²) in [4.78, 5) is 10.5. The van der Waals surface area contributed by atoms with Crippen molar-refractivity contribution in [3.05, 3.63) is 29.3 Å². The molecule has 1 aliphatic heterocycles. The van der Waals surface area contributed by atoms with Gasteiger partial charge in [0.1, 0.15) is 16.8 Å². The van der Waals surface area contributed by atoms with E-state index in [-0.39, 0.29) is 13.2 Å². The van der Waals surface area contributed by atoms with Crippen molar-refractivity contribution in [2.24, 2.45) is 0 Å². The van der Waals surface area contributed by atoms with Gasteiger partial charge >= 0.3 is 5.97 Å². The van der Waals surface area contributed by atoms with Gasteiger partial charge in [-0.3, -0.25) is 0 Å². The minimum Gasteiger partial charge on any atom is -0.454 e. The maximum Gasteiger partial charge on any atom is 0.341 e. The maximum atomic E-state index is 13.8. The van der Waals surface area contributed by atoms with Crippen molar-refractivity contribution >= 4 is 25.7 Å². The third kappa shape index (κ3) is 3.02. The average Bonchev–Trinajstić information content (AvgIpc) is 2.24. The van der Waals surface area contributed by atoms with Crippen molar-refractivity contribution in [2.75, 3.05) is 13.2 Å². The van der Waals surface area contributed by atoms with Crippen LogP contribution >= 0.6 is 10.7 Å². The third-order valence-corrected chi connectivity index (χ3v) is 3.69. The second kappa shape index (κ2) is 5.03. The smallest absolute Gasteiger partial charge is 0.341 e. The van der Waals surface area contributed by atoms with E-state index in [0.29, 0.717) is 12.1 Å². The number of rotatable bonds is 3. The first-order valence-electron chi connectivity index (χ1n) is 5.01. The van der Waals surface area contributed by atoms with Gasteiger partial charge in [-0.15, -0.1) is 0 Å². The quantitative estimate of drug-likeness (QED) is 0.624. The van der Waals surface area contributed by atoms with E-state index in [0.717, 1.165) is 0 Å². The summed E-state index contributed by atoms with van der Waals surface area (Å²) < 4.78 is 58.6. The van der Waals surface area contributed by atoms with E-state index in [1.807, 2.05) is 0 Å². The molecule has 1 aromatic rings. The van der Waals surface area contributed by atoms with Gasteiger partial charge in [-0.25, -0.2) is 22.0 Å². The molecule has 0 N–H and O–H groups in total. The van der Waals surface area contributed by atoms with Gasteiger partial charge in [0, 0.05) is 10.7 Å². The van der Waals surface area contributed by atoms with Crippen molar-refractivity contribution in [3.63, 3.8) is 0 Å². The molecule has 0 bridgehead atoms. The fourth-order valence-corrected chi connectivity index (χ4v) is 2.30. The van der Waals surface area contributed by atoms with Crippen molar-refractivity contribution in [2.45, 2.75) is 11.0 Å². The molecule has 0 aliphatic carbocycles. The highest BCUT2D eigenvalue weighted by molar-refractivity contribution is 8.13. The number of halogens is 3. The minimum absolute atomic E-state index is 0.156. The summed E-state index contributed by atoms with van der Waals surface area (Å²) in [6.45, 7) is 0.312. The lowest BCUT2D eigenvalue weighted by molar-refractivity contribution is -0.103. The predicted molar refractivity (Wildman–Crippen MR) is 59.4 cm³/mol. The molecule has 0 aromatic heterocycles. The molecule has 0 radical (unpaired) electrons. The number of hydrogen-bond donors (Lipinski definition) is 0. The number of carbonyl (C=O) groups is 1. The molecule has 0 amide bonds. The Morgan fingerprint density at radius 1 is 1.37 bits per heavy atom. The van der Waals surface area contributed by atoms with Gasteiger partial charge in [-0.05, 0) is 12.1 Å². The van der Waals surface area contributed by atoms with Gasteiger partial charge in [0.25, 0.3) is 9.05 Å². The first-order valence-corrected chi connectivity index (χ1v) is 7.32. The fourth-order valence-electron chi connectivity index (χ4n) is 1.39. The summed E-state index contributed by atoms with van der Waals surface area (Å²) >= 11 is 0. The number of esters is 1. The lowest BCUT2D eigenvalue weighted by Crippen LogP contribution is -2.38. The van der Waals surface area contributed by atoms with Crippen LogP contribution in [0.15, 0.2) is 17.0 Å². The molecule has 1 aliphatic rings. The highest BCUT2D eigenvalue weighted by Crippen LogP contribution is 2.24. The van der Waals surface area contributed by atoms with E-state index in [1.54, 1.807) is 0 Å². The molecule has 19 heavy (non-hydrogen) atoms. The van der Waals surface area contributed by atoms with E-state index in [4.69, 9.17) is 20.2 Å². The molecular weight excluding hydrogens is 306 g/mol. The molecule has 9 heteroatoms. The Morgan fingerprint density at radius 3 is 2.47 bits per heavy atom. The number of ether oxygens (including phenoxy) is 2. The lowest BCUT2D eigenvalue weighted by atomic mass is 10.2. The summed E-state index contributed by atoms with van der Waals surface area (Å²) in [5, 5.41) is 0. The van der Waals surface area contributed by atoms with Gasteiger partial charge in [-0.2, -0.15) is 0 Å². The Hall–Kier alpha value is -1.25. The molecule has 1 aromatic carbocycles. The largest absolute Gasteiger partial charge is 0.454 e. The number of hydrogen-bond acceptors (Lipinski definition) is 5. The van der Waals surface area contributed by atoms with Crippen LogP contribution in [0.1, 0.15) is 10.4 Å². The molecular formula is C10H7ClF2O5S. The van der Waals surface area contributed by atoms with Crippen LogP contribution in [-0.4, -0.2) is 33.7 Å². The zero-order chi connectivity index (χ0) is 14.2. The second-order valence-corrected chi connectivity index (χ2v) is 6.30. The molecule has 1 heterocycles. The Kier molecular flexibility index (Phi) is 3.75. The topological polar surface area (TPSA) is 69.7 Å². The lowest BCUT2D eigenvalue weighted by Gasteiger charge is -2.25. The van der Waals surface area contributed by atoms with Crippen LogP contribution in [-0.2, 0) is 18.5 Å². The standard InChI is InChI=1S/C10H7ClF2O5S/c11-19(15,16)8-2-5(12)1-7(9(8)13)10(14)18-6-3-17-4-6/h1-2,6H,3-4H2. The normalized spacial score (nSPS) is 15.9. The SMILES string of the molecule is O=C(OC1COC1)c1cc(F)cc(S(=O)(=O)Cl)c1F. The van der Waals surface area contributed by atoms with Crippen LogP contribution in [0.2, 0.25) is 0 Å². The highest BCUT2D eigenvalue weighted by atomic mass is 35.7. The molecule has 5 nitrogen and oxygen atoms in total. The summed E-state index contributed by atoms with van der Waals surface area (Å²) in [6, 6.07) is 0.934. The number of carbonyl (C=O) groups excluding carboxylic acids is 1. The summed E-state index contributed by atoms with van der Waals surface area (Å²) in [6.07, 6.45) is -0.550. The Labute approximate surface area is 111 Å². The molecule has 0 unspecified atom stereocenters. The molecule has 1 saturated heterocycles. The highest BCUT2D eigenvalue weighted by Gasteiger charge is 2.28. The summed E-state index contributed by atoms with van der Waals surface area (Å²) in [7, 11) is 0.443. The van der Waals surface area contributed by atoms with Gasteiger partial charge in [0.15, 0.2) is 5.82 Å². The van der Waals surface area contributed by atoms with Crippen LogP contribution in [0.5, 0.6) is 0 Å². The van der Waals surface area contributed by atoms with Crippen molar-refractivity contribution in [1.29, 1.82) is 0 Å². The molecule has 0 spiro atoms. The van der Waals surface area contributed by atoms with E-state index in [9.17, 15) is 22.0 Å². The van der Waals surface area contributed by atoms with E-state index >= 15 is 0 Å². The third-order valence-electron chi connectivity index (χ3n) is 2.37. The van der Waals surface area contributed by atoms with Crippen LogP contribution in [0.3, 0.4) is 0 Å². The molecule has 2 rings (SSSR count). The van der Waals surface area contributed by atoms with E-state index in [1.165, 1.54) is 0 Å². The van der Waals surface area contributed by atoms with Crippen molar-refractivity contribution in [3.8, 4) is 0 Å². The van der Waals surface area contributed by atoms with Crippen LogP contribution in [0.25, 0.3) is 0 Å². The predicted octanol–water partition coefficient (Wildman–Crippen LogP) is 1.45. The van der Waals surface area contributed by atoms with Gasteiger partial charge in [0.2, 0.25) is 0 Å². The van der Waals surface area contributed by atoms with Crippen molar-refractivity contribution in [1.82, 2.24) is 0 Å². The Balaban J connectivity index is 2.39. The fraction of sp³-hybridized carbons (Fsp3) is 0.300. The zero-order valence-corrected chi connectivity index (χ0v) is 10.8. The molecule has 0 atom stereocenters. The minimum atomic E-state index is -4.51. The zero-order valence-electron chi connectivity index (χ0n) is 9.23. The second-order valence-electron chi connectivity index (χ2n) is 3.77. The first kappa shape index (κ1) is 14.2. The summed E-state index contributed by atoms with van der Waals surface area (Å²) in [5.74, 6) is -3.73. The van der Waals surface area contributed by atoms with Crippen LogP contribution < -0.4 is 0 Å². The Morgan fingerprint density at radius 2 is 2.00 bits per heavy atom. The Bertz CT molecular complexity index is 627. The first-order chi connectivity index (χ1) is 8.79. The average molecular weight is 313 g/mol. The molecule has 0 saturated carbocycles. The van der Waals surface area contributed by atoms with Gasteiger partial charge < -0.3 is 9.47 Å². The van der Waals surface area contributed by atoms with Gasteiger partial charge in [-0.1, -0.05) is 0 Å². The summed E-state index contributed by atoms with van der Waals surface area (Å²) in [5.41, 5.74) is -0.828. The molecule has 104 valence electrons. The van der Waals surface area contributed by atoms with Crippen LogP contribution in [0, 0.1) is 11.6 Å². The maximum absolute atomic E-state index is 13.8. The van der Waals surface area contributed by atoms with Gasteiger partial charge in [0.05, 0.1) is 18.8 Å².